The van der Waals surface area contributed by atoms with E-state index in [2.05, 4.69) is 22.4 Å². The second-order valence-corrected chi connectivity index (χ2v) is 5.93. The minimum absolute atomic E-state index is 0.382. The van der Waals surface area contributed by atoms with Crippen LogP contribution in [0.15, 0.2) is 33.7 Å². The summed E-state index contributed by atoms with van der Waals surface area (Å²) >= 11 is 7.52. The maximum absolute atomic E-state index is 5.85. The predicted octanol–water partition coefficient (Wildman–Crippen LogP) is 3.56. The van der Waals surface area contributed by atoms with E-state index >= 15 is 0 Å². The Morgan fingerprint density at radius 3 is 2.75 bits per heavy atom. The van der Waals surface area contributed by atoms with Gasteiger partial charge in [0, 0.05) is 22.4 Å². The van der Waals surface area contributed by atoms with Gasteiger partial charge in [0.05, 0.1) is 5.75 Å². The summed E-state index contributed by atoms with van der Waals surface area (Å²) in [6.07, 6.45) is 1.80. The molecule has 0 saturated carbocycles. The van der Waals surface area contributed by atoms with Crippen LogP contribution < -0.4 is 5.32 Å². The highest BCUT2D eigenvalue weighted by Gasteiger charge is 2.11. The average molecular weight is 312 g/mol. The summed E-state index contributed by atoms with van der Waals surface area (Å²) in [5.74, 6) is 2.12. The standard InChI is InChI=1S/C14H18ClN3OS/c1-3-11(16-2)8-14-17-13(18-19-14)9-20-12-6-4-10(15)5-7-12/h4-7,11,16H,3,8-9H2,1-2H3. The van der Waals surface area contributed by atoms with E-state index in [1.807, 2.05) is 31.3 Å². The van der Waals surface area contributed by atoms with E-state index in [0.29, 0.717) is 17.7 Å². The van der Waals surface area contributed by atoms with Gasteiger partial charge in [-0.05, 0) is 37.7 Å². The number of likely N-dealkylation sites (N-methyl/N-ethyl adjacent to an activating group) is 1. The molecule has 0 saturated heterocycles. The summed E-state index contributed by atoms with van der Waals surface area (Å²) in [5, 5.41) is 7.98. The molecular weight excluding hydrogens is 294 g/mol. The first-order valence-corrected chi connectivity index (χ1v) is 7.94. The molecule has 0 bridgehead atoms. The Morgan fingerprint density at radius 2 is 2.10 bits per heavy atom. The van der Waals surface area contributed by atoms with Gasteiger partial charge in [0.2, 0.25) is 5.89 Å². The molecule has 6 heteroatoms. The maximum Gasteiger partial charge on any atom is 0.228 e. The fourth-order valence-corrected chi connectivity index (χ4v) is 2.64. The Balaban J connectivity index is 1.87. The SMILES string of the molecule is CCC(Cc1nc(CSc2ccc(Cl)cc2)no1)NC. The molecule has 1 aromatic carbocycles. The van der Waals surface area contributed by atoms with Gasteiger partial charge < -0.3 is 9.84 Å². The summed E-state index contributed by atoms with van der Waals surface area (Å²) in [5.41, 5.74) is 0. The fourth-order valence-electron chi connectivity index (χ4n) is 1.77. The molecule has 1 unspecified atom stereocenters. The van der Waals surface area contributed by atoms with Gasteiger partial charge in [-0.15, -0.1) is 11.8 Å². The zero-order valence-corrected chi connectivity index (χ0v) is 13.2. The molecule has 0 fully saturated rings. The topological polar surface area (TPSA) is 51.0 Å². The lowest BCUT2D eigenvalue weighted by Crippen LogP contribution is -2.26. The van der Waals surface area contributed by atoms with E-state index in [-0.39, 0.29) is 0 Å². The van der Waals surface area contributed by atoms with Gasteiger partial charge >= 0.3 is 0 Å². The van der Waals surface area contributed by atoms with Crippen LogP contribution in [-0.4, -0.2) is 23.2 Å². The van der Waals surface area contributed by atoms with Gasteiger partial charge in [-0.25, -0.2) is 0 Å². The number of hydrogen-bond donors (Lipinski definition) is 1. The Kier molecular flexibility index (Phi) is 5.88. The van der Waals surface area contributed by atoms with Crippen LogP contribution in [0, 0.1) is 0 Å². The fraction of sp³-hybridized carbons (Fsp3) is 0.429. The second-order valence-electron chi connectivity index (χ2n) is 4.44. The van der Waals surface area contributed by atoms with Crippen molar-refractivity contribution in [1.82, 2.24) is 15.5 Å². The quantitative estimate of drug-likeness (QED) is 0.792. The lowest BCUT2D eigenvalue weighted by Gasteiger charge is -2.09. The molecule has 20 heavy (non-hydrogen) atoms. The number of nitrogens with zero attached hydrogens (tertiary/aromatic N) is 2. The number of rotatable bonds is 7. The molecule has 1 N–H and O–H groups in total. The Bertz CT molecular complexity index is 525. The van der Waals surface area contributed by atoms with Crippen LogP contribution in [-0.2, 0) is 12.2 Å². The molecule has 0 amide bonds. The largest absolute Gasteiger partial charge is 0.339 e. The number of aromatic nitrogens is 2. The van der Waals surface area contributed by atoms with Crippen molar-refractivity contribution in [3.05, 3.63) is 41.0 Å². The molecule has 0 aliphatic heterocycles. The normalized spacial score (nSPS) is 12.6. The first-order valence-electron chi connectivity index (χ1n) is 6.58. The average Bonchev–Trinajstić information content (AvgIpc) is 2.92. The van der Waals surface area contributed by atoms with Crippen LogP contribution in [0.3, 0.4) is 0 Å². The van der Waals surface area contributed by atoms with Crippen LogP contribution >= 0.6 is 23.4 Å². The molecule has 1 aromatic heterocycles. The van der Waals surface area contributed by atoms with Crippen LogP contribution in [0.25, 0.3) is 0 Å². The Morgan fingerprint density at radius 1 is 1.35 bits per heavy atom. The zero-order chi connectivity index (χ0) is 14.4. The summed E-state index contributed by atoms with van der Waals surface area (Å²) in [7, 11) is 1.95. The van der Waals surface area contributed by atoms with E-state index in [9.17, 15) is 0 Å². The molecule has 1 heterocycles. The lowest BCUT2D eigenvalue weighted by atomic mass is 10.1. The summed E-state index contributed by atoms with van der Waals surface area (Å²) < 4.78 is 5.27. The first-order chi connectivity index (χ1) is 9.71. The van der Waals surface area contributed by atoms with E-state index in [0.717, 1.165) is 28.6 Å². The van der Waals surface area contributed by atoms with Crippen LogP contribution in [0.2, 0.25) is 5.02 Å². The smallest absolute Gasteiger partial charge is 0.228 e. The lowest BCUT2D eigenvalue weighted by molar-refractivity contribution is 0.356. The van der Waals surface area contributed by atoms with Crippen molar-refractivity contribution in [2.45, 2.75) is 36.5 Å². The third-order valence-electron chi connectivity index (χ3n) is 3.01. The van der Waals surface area contributed by atoms with E-state index < -0.39 is 0 Å². The molecule has 0 radical (unpaired) electrons. The predicted molar refractivity (Wildman–Crippen MR) is 82.2 cm³/mol. The van der Waals surface area contributed by atoms with Crippen LogP contribution in [0.1, 0.15) is 25.1 Å². The number of halogens is 1. The Labute approximate surface area is 128 Å². The van der Waals surface area contributed by atoms with Gasteiger partial charge in [-0.3, -0.25) is 0 Å². The van der Waals surface area contributed by atoms with Gasteiger partial charge in [0.15, 0.2) is 5.82 Å². The zero-order valence-electron chi connectivity index (χ0n) is 11.6. The van der Waals surface area contributed by atoms with Crippen molar-refractivity contribution in [2.24, 2.45) is 0 Å². The van der Waals surface area contributed by atoms with Crippen molar-refractivity contribution in [3.63, 3.8) is 0 Å². The molecule has 2 aromatic rings. The molecule has 0 spiro atoms. The van der Waals surface area contributed by atoms with Gasteiger partial charge in [-0.2, -0.15) is 4.98 Å². The highest BCUT2D eigenvalue weighted by atomic mass is 35.5. The highest BCUT2D eigenvalue weighted by Crippen LogP contribution is 2.23. The molecule has 108 valence electrons. The van der Waals surface area contributed by atoms with Crippen molar-refractivity contribution < 1.29 is 4.52 Å². The third kappa shape index (κ3) is 4.51. The van der Waals surface area contributed by atoms with Gasteiger partial charge in [0.1, 0.15) is 0 Å². The monoisotopic (exact) mass is 311 g/mol. The molecular formula is C14H18ClN3OS. The number of thioether (sulfide) groups is 1. The minimum Gasteiger partial charge on any atom is -0.339 e. The number of benzene rings is 1. The molecule has 1 atom stereocenters. The van der Waals surface area contributed by atoms with Crippen molar-refractivity contribution >= 4 is 23.4 Å². The molecule has 4 nitrogen and oxygen atoms in total. The van der Waals surface area contributed by atoms with E-state index in [1.54, 1.807) is 11.8 Å². The highest BCUT2D eigenvalue weighted by molar-refractivity contribution is 7.98. The minimum atomic E-state index is 0.382. The van der Waals surface area contributed by atoms with E-state index in [4.69, 9.17) is 16.1 Å². The molecule has 2 rings (SSSR count). The molecule has 0 aliphatic carbocycles. The third-order valence-corrected chi connectivity index (χ3v) is 4.27. The maximum atomic E-state index is 5.85. The van der Waals surface area contributed by atoms with E-state index in [1.165, 1.54) is 0 Å². The van der Waals surface area contributed by atoms with Crippen LogP contribution in [0.4, 0.5) is 0 Å². The summed E-state index contributed by atoms with van der Waals surface area (Å²) in [6, 6.07) is 8.12. The first kappa shape index (κ1) is 15.4. The van der Waals surface area contributed by atoms with Gasteiger partial charge in [-0.1, -0.05) is 23.7 Å². The van der Waals surface area contributed by atoms with Crippen LogP contribution in [0.5, 0.6) is 0 Å². The van der Waals surface area contributed by atoms with Crippen molar-refractivity contribution in [2.75, 3.05) is 7.05 Å². The number of nitrogens with one attached hydrogen (secondary N) is 1. The Hall–Kier alpha value is -1.04. The summed E-state index contributed by atoms with van der Waals surface area (Å²) in [4.78, 5) is 5.56. The molecule has 0 aliphatic rings. The van der Waals surface area contributed by atoms with Crippen molar-refractivity contribution in [1.29, 1.82) is 0 Å². The summed E-state index contributed by atoms with van der Waals surface area (Å²) in [6.45, 7) is 2.13. The second kappa shape index (κ2) is 7.67. The number of hydrogen-bond acceptors (Lipinski definition) is 5. The van der Waals surface area contributed by atoms with Gasteiger partial charge in [0.25, 0.3) is 0 Å². The van der Waals surface area contributed by atoms with Crippen molar-refractivity contribution in [3.8, 4) is 0 Å².